The molecule has 0 unspecified atom stereocenters. The number of nitrogens with zero attached hydrogens (tertiary/aromatic N) is 4. The number of hydrogen-bond acceptors (Lipinski definition) is 3. The summed E-state index contributed by atoms with van der Waals surface area (Å²) in [7, 11) is 0. The lowest BCUT2D eigenvalue weighted by Crippen LogP contribution is -2.41. The summed E-state index contributed by atoms with van der Waals surface area (Å²) in [6.45, 7) is -0.249. The molecule has 0 spiro atoms. The van der Waals surface area contributed by atoms with Gasteiger partial charge in [-0.1, -0.05) is 30.3 Å². The number of alkyl halides is 6. The fraction of sp³-hybridized carbons (Fsp3) is 0.211. The largest absolute Gasteiger partial charge is 0.433 e. The van der Waals surface area contributed by atoms with Gasteiger partial charge in [-0.15, -0.1) is 0 Å². The summed E-state index contributed by atoms with van der Waals surface area (Å²) < 4.78 is 81.5. The van der Waals surface area contributed by atoms with Crippen LogP contribution in [0, 0.1) is 0 Å². The molecule has 1 amide bonds. The molecule has 0 aliphatic carbocycles. The highest BCUT2D eigenvalue weighted by molar-refractivity contribution is 6.07. The molecule has 1 aliphatic rings. The highest BCUT2D eigenvalue weighted by atomic mass is 19.4. The minimum absolute atomic E-state index is 0.110. The fourth-order valence-electron chi connectivity index (χ4n) is 3.32. The maximum atomic E-state index is 13.9. The number of hydrogen-bond donors (Lipinski definition) is 0. The highest BCUT2D eigenvalue weighted by Gasteiger charge is 2.45. The van der Waals surface area contributed by atoms with E-state index in [-0.39, 0.29) is 24.3 Å². The number of aromatic nitrogens is 3. The van der Waals surface area contributed by atoms with E-state index in [9.17, 15) is 31.1 Å². The third-order valence-corrected chi connectivity index (χ3v) is 4.61. The van der Waals surface area contributed by atoms with Crippen LogP contribution in [-0.2, 0) is 18.9 Å². The summed E-state index contributed by atoms with van der Waals surface area (Å²) in [5, 5.41) is 3.98. The SMILES string of the molecule is O=C1c2c(C(F)(F)F)c(-c3ccccc3)nn2CCN1c1ccnc(C(F)(F)F)c1. The Morgan fingerprint density at radius 3 is 2.23 bits per heavy atom. The first-order valence-electron chi connectivity index (χ1n) is 8.66. The molecule has 11 heteroatoms. The zero-order valence-electron chi connectivity index (χ0n) is 15.0. The van der Waals surface area contributed by atoms with E-state index in [4.69, 9.17) is 0 Å². The van der Waals surface area contributed by atoms with E-state index in [1.54, 1.807) is 6.07 Å². The number of amides is 1. The van der Waals surface area contributed by atoms with Crippen LogP contribution in [0.3, 0.4) is 0 Å². The quantitative estimate of drug-likeness (QED) is 0.561. The van der Waals surface area contributed by atoms with Crippen molar-refractivity contribution in [2.75, 3.05) is 11.4 Å². The molecule has 2 aromatic heterocycles. The van der Waals surface area contributed by atoms with Gasteiger partial charge in [0.1, 0.15) is 22.6 Å². The van der Waals surface area contributed by atoms with Crippen LogP contribution in [0.1, 0.15) is 21.7 Å². The molecule has 1 aromatic carbocycles. The first kappa shape index (κ1) is 19.9. The smallest absolute Gasteiger partial charge is 0.305 e. The molecule has 0 N–H and O–H groups in total. The standard InChI is InChI=1S/C19H12F6N4O/c20-18(21,22)13-10-12(6-7-26-13)28-8-9-29-16(17(28)30)14(19(23,24)25)15(27-29)11-4-2-1-3-5-11/h1-7,10H,8-9H2. The van der Waals surface area contributed by atoms with Crippen molar-refractivity contribution >= 4 is 11.6 Å². The van der Waals surface area contributed by atoms with Crippen molar-refractivity contribution in [3.05, 3.63) is 65.6 Å². The number of halogens is 6. The molecular formula is C19H12F6N4O. The molecule has 3 aromatic rings. The number of benzene rings is 1. The number of anilines is 1. The second-order valence-electron chi connectivity index (χ2n) is 6.51. The van der Waals surface area contributed by atoms with E-state index in [0.29, 0.717) is 6.07 Å². The molecule has 3 heterocycles. The van der Waals surface area contributed by atoms with Gasteiger partial charge in [-0.2, -0.15) is 31.4 Å². The molecule has 30 heavy (non-hydrogen) atoms. The molecule has 0 saturated heterocycles. The molecule has 0 radical (unpaired) electrons. The molecule has 1 aliphatic heterocycles. The molecule has 0 bridgehead atoms. The van der Waals surface area contributed by atoms with Crippen molar-refractivity contribution in [1.29, 1.82) is 0 Å². The maximum absolute atomic E-state index is 13.9. The van der Waals surface area contributed by atoms with Crippen LogP contribution in [0.15, 0.2) is 48.7 Å². The predicted molar refractivity (Wildman–Crippen MR) is 93.6 cm³/mol. The van der Waals surface area contributed by atoms with Crippen molar-refractivity contribution in [2.24, 2.45) is 0 Å². The molecule has 0 fully saturated rings. The van der Waals surface area contributed by atoms with Crippen molar-refractivity contribution in [2.45, 2.75) is 18.9 Å². The fourth-order valence-corrected chi connectivity index (χ4v) is 3.32. The second kappa shape index (κ2) is 6.85. The van der Waals surface area contributed by atoms with Gasteiger partial charge in [-0.3, -0.25) is 14.5 Å². The Balaban J connectivity index is 1.83. The average molecular weight is 426 g/mol. The zero-order chi connectivity index (χ0) is 21.7. The minimum atomic E-state index is -4.90. The summed E-state index contributed by atoms with van der Waals surface area (Å²) in [5.41, 5.74) is -3.59. The van der Waals surface area contributed by atoms with Crippen LogP contribution in [-0.4, -0.2) is 27.2 Å². The van der Waals surface area contributed by atoms with Gasteiger partial charge in [0, 0.05) is 24.0 Å². The van der Waals surface area contributed by atoms with Gasteiger partial charge in [0.2, 0.25) is 0 Å². The van der Waals surface area contributed by atoms with Gasteiger partial charge in [0.25, 0.3) is 5.91 Å². The topological polar surface area (TPSA) is 51.0 Å². The van der Waals surface area contributed by atoms with Crippen LogP contribution in [0.2, 0.25) is 0 Å². The minimum Gasteiger partial charge on any atom is -0.305 e. The Labute approximate surface area is 165 Å². The van der Waals surface area contributed by atoms with Gasteiger partial charge in [-0.25, -0.2) is 0 Å². The first-order valence-corrected chi connectivity index (χ1v) is 8.66. The van der Waals surface area contributed by atoms with Gasteiger partial charge in [-0.05, 0) is 12.1 Å². The second-order valence-corrected chi connectivity index (χ2v) is 6.51. The Morgan fingerprint density at radius 2 is 1.60 bits per heavy atom. The lowest BCUT2D eigenvalue weighted by molar-refractivity contribution is -0.141. The van der Waals surface area contributed by atoms with Crippen LogP contribution in [0.25, 0.3) is 11.3 Å². The third-order valence-electron chi connectivity index (χ3n) is 4.61. The Morgan fingerprint density at radius 1 is 0.900 bits per heavy atom. The first-order chi connectivity index (χ1) is 14.1. The van der Waals surface area contributed by atoms with Gasteiger partial charge in [0.05, 0.1) is 6.54 Å². The lowest BCUT2D eigenvalue weighted by atomic mass is 10.0. The van der Waals surface area contributed by atoms with Crippen LogP contribution in [0.5, 0.6) is 0 Å². The van der Waals surface area contributed by atoms with Gasteiger partial charge >= 0.3 is 12.4 Å². The van der Waals surface area contributed by atoms with E-state index in [1.165, 1.54) is 24.3 Å². The Bertz CT molecular complexity index is 1100. The summed E-state index contributed by atoms with van der Waals surface area (Å²) in [6, 6.07) is 9.35. The van der Waals surface area contributed by atoms with Gasteiger partial charge < -0.3 is 4.90 Å². The van der Waals surface area contributed by atoms with Crippen molar-refractivity contribution in [3.63, 3.8) is 0 Å². The normalized spacial score (nSPS) is 14.7. The van der Waals surface area contributed by atoms with Crippen molar-refractivity contribution in [3.8, 4) is 11.3 Å². The molecular weight excluding hydrogens is 414 g/mol. The molecule has 5 nitrogen and oxygen atoms in total. The monoisotopic (exact) mass is 426 g/mol. The van der Waals surface area contributed by atoms with E-state index in [1.807, 2.05) is 0 Å². The van der Waals surface area contributed by atoms with E-state index in [0.717, 1.165) is 21.8 Å². The Kier molecular flexibility index (Phi) is 4.55. The summed E-state index contributed by atoms with van der Waals surface area (Å²) in [5.74, 6) is -1.08. The van der Waals surface area contributed by atoms with E-state index >= 15 is 0 Å². The van der Waals surface area contributed by atoms with Crippen LogP contribution < -0.4 is 4.90 Å². The molecule has 4 rings (SSSR count). The van der Waals surface area contributed by atoms with Gasteiger partial charge in [0.15, 0.2) is 0 Å². The molecule has 0 atom stereocenters. The zero-order valence-corrected chi connectivity index (χ0v) is 15.0. The highest BCUT2D eigenvalue weighted by Crippen LogP contribution is 2.41. The lowest BCUT2D eigenvalue weighted by Gasteiger charge is -2.28. The summed E-state index contributed by atoms with van der Waals surface area (Å²) in [6.07, 6.45) is -8.79. The number of carbonyl (C=O) groups excluding carboxylic acids is 1. The third kappa shape index (κ3) is 3.40. The number of carbonyl (C=O) groups is 1. The number of fused-ring (bicyclic) bond motifs is 1. The maximum Gasteiger partial charge on any atom is 0.433 e. The van der Waals surface area contributed by atoms with Crippen LogP contribution >= 0.6 is 0 Å². The predicted octanol–water partition coefficient (Wildman–Crippen LogP) is 4.64. The number of pyridine rings is 1. The van der Waals surface area contributed by atoms with E-state index in [2.05, 4.69) is 10.1 Å². The summed E-state index contributed by atoms with van der Waals surface area (Å²) in [4.78, 5) is 17.0. The summed E-state index contributed by atoms with van der Waals surface area (Å²) >= 11 is 0. The van der Waals surface area contributed by atoms with Crippen molar-refractivity contribution < 1.29 is 31.1 Å². The Hall–Kier alpha value is -3.37. The molecule has 156 valence electrons. The average Bonchev–Trinajstić information content (AvgIpc) is 3.09. The molecule has 0 saturated carbocycles. The van der Waals surface area contributed by atoms with Crippen molar-refractivity contribution in [1.82, 2.24) is 14.8 Å². The van der Waals surface area contributed by atoms with Crippen LogP contribution in [0.4, 0.5) is 32.0 Å². The number of rotatable bonds is 2. The van der Waals surface area contributed by atoms with E-state index < -0.39 is 40.9 Å².